The van der Waals surface area contributed by atoms with Gasteiger partial charge in [-0.3, -0.25) is 4.90 Å². The summed E-state index contributed by atoms with van der Waals surface area (Å²) in [4.78, 5) is 25.4. The van der Waals surface area contributed by atoms with Gasteiger partial charge >= 0.3 is 12.0 Å². The van der Waals surface area contributed by atoms with E-state index in [4.69, 9.17) is 4.74 Å². The zero-order chi connectivity index (χ0) is 16.4. The van der Waals surface area contributed by atoms with Crippen molar-refractivity contribution in [2.24, 2.45) is 0 Å². The summed E-state index contributed by atoms with van der Waals surface area (Å²) in [7, 11) is 1.17. The lowest BCUT2D eigenvalue weighted by Gasteiger charge is -2.34. The number of allylic oxidation sites excluding steroid dienone is 1. The first-order chi connectivity index (χ1) is 10.4. The summed E-state index contributed by atoms with van der Waals surface area (Å²) in [6.07, 6.45) is 0. The van der Waals surface area contributed by atoms with Gasteiger partial charge in [0.25, 0.3) is 0 Å². The summed E-state index contributed by atoms with van der Waals surface area (Å²) < 4.78 is 32.8. The first-order valence-electron chi connectivity index (χ1n) is 6.73. The molecule has 2 rings (SSSR count). The molecule has 7 heteroatoms. The Morgan fingerprint density at radius 1 is 1.36 bits per heavy atom. The number of benzene rings is 1. The second-order valence-corrected chi connectivity index (χ2v) is 4.75. The molecule has 0 fully saturated rings. The van der Waals surface area contributed by atoms with Gasteiger partial charge in [0, 0.05) is 12.2 Å². The number of urea groups is 1. The molecular weight excluding hydrogens is 294 g/mol. The molecular formula is C15H16F2N2O3. The molecule has 1 aliphatic rings. The van der Waals surface area contributed by atoms with Gasteiger partial charge in [-0.25, -0.2) is 18.4 Å². The van der Waals surface area contributed by atoms with Gasteiger partial charge in [-0.15, -0.1) is 0 Å². The highest BCUT2D eigenvalue weighted by molar-refractivity contribution is 5.95. The van der Waals surface area contributed by atoms with Gasteiger partial charge in [0.15, 0.2) is 0 Å². The summed E-state index contributed by atoms with van der Waals surface area (Å²) in [5.74, 6) is -2.43. The van der Waals surface area contributed by atoms with Gasteiger partial charge in [0.05, 0.1) is 24.3 Å². The maximum atomic E-state index is 14.0. The normalized spacial score (nSPS) is 18.3. The molecule has 0 radical (unpaired) electrons. The third kappa shape index (κ3) is 2.54. The van der Waals surface area contributed by atoms with E-state index in [1.54, 1.807) is 13.8 Å². The van der Waals surface area contributed by atoms with Crippen molar-refractivity contribution in [1.82, 2.24) is 10.2 Å². The Kier molecular flexibility index (Phi) is 4.44. The fraction of sp³-hybridized carbons (Fsp3) is 0.333. The molecule has 1 aliphatic heterocycles. The summed E-state index contributed by atoms with van der Waals surface area (Å²) >= 11 is 0. The topological polar surface area (TPSA) is 58.6 Å². The Balaban J connectivity index is 2.66. The number of esters is 1. The monoisotopic (exact) mass is 310 g/mol. The number of halogens is 2. The van der Waals surface area contributed by atoms with Gasteiger partial charge in [-0.2, -0.15) is 0 Å². The van der Waals surface area contributed by atoms with Crippen molar-refractivity contribution in [3.05, 3.63) is 46.7 Å². The first-order valence-corrected chi connectivity index (χ1v) is 6.73. The fourth-order valence-electron chi connectivity index (χ4n) is 2.54. The second kappa shape index (κ2) is 6.13. The van der Waals surface area contributed by atoms with Crippen molar-refractivity contribution in [3.63, 3.8) is 0 Å². The molecule has 0 saturated carbocycles. The molecule has 0 aromatic heterocycles. The van der Waals surface area contributed by atoms with Crippen molar-refractivity contribution in [2.75, 3.05) is 13.7 Å². The average Bonchev–Trinajstić information content (AvgIpc) is 2.46. The minimum atomic E-state index is -1.23. The molecule has 118 valence electrons. The summed E-state index contributed by atoms with van der Waals surface area (Å²) in [5, 5.41) is 2.46. The van der Waals surface area contributed by atoms with Crippen LogP contribution in [0.2, 0.25) is 0 Å². The van der Waals surface area contributed by atoms with Crippen molar-refractivity contribution in [3.8, 4) is 0 Å². The third-order valence-corrected chi connectivity index (χ3v) is 3.61. The molecule has 22 heavy (non-hydrogen) atoms. The number of methoxy groups -OCH3 is 1. The number of amides is 2. The minimum Gasteiger partial charge on any atom is -0.466 e. The third-order valence-electron chi connectivity index (χ3n) is 3.61. The Morgan fingerprint density at radius 3 is 2.45 bits per heavy atom. The van der Waals surface area contributed by atoms with Gasteiger partial charge in [-0.05, 0) is 26.0 Å². The quantitative estimate of drug-likeness (QED) is 0.873. The number of hydrogen-bond acceptors (Lipinski definition) is 3. The van der Waals surface area contributed by atoms with E-state index in [9.17, 15) is 18.4 Å². The van der Waals surface area contributed by atoms with E-state index in [1.807, 2.05) is 0 Å². The van der Waals surface area contributed by atoms with Crippen LogP contribution in [0, 0.1) is 11.6 Å². The van der Waals surface area contributed by atoms with E-state index in [0.29, 0.717) is 12.2 Å². The number of ether oxygens (including phenoxy) is 1. The lowest BCUT2D eigenvalue weighted by atomic mass is 9.94. The molecule has 0 aliphatic carbocycles. The van der Waals surface area contributed by atoms with Crippen LogP contribution in [0.5, 0.6) is 0 Å². The number of hydrogen-bond donors (Lipinski definition) is 1. The van der Waals surface area contributed by atoms with Crippen molar-refractivity contribution < 1.29 is 23.1 Å². The van der Waals surface area contributed by atoms with Gasteiger partial charge in [0.1, 0.15) is 11.6 Å². The molecule has 1 heterocycles. The second-order valence-electron chi connectivity index (χ2n) is 4.75. The standard InChI is InChI=1S/C15H16F2N2O3/c1-4-19-8(2)11(14(20)22-3)13(18-15(19)21)12-9(16)6-5-7-10(12)17/h5-7,13H,4H2,1-3H3,(H,18,21)/t13-/m1/s1. The maximum Gasteiger partial charge on any atom is 0.337 e. The summed E-state index contributed by atoms with van der Waals surface area (Å²) in [5.41, 5.74) is -0.0648. The molecule has 5 nitrogen and oxygen atoms in total. The van der Waals surface area contributed by atoms with E-state index < -0.39 is 29.7 Å². The van der Waals surface area contributed by atoms with E-state index in [1.165, 1.54) is 18.1 Å². The molecule has 2 amide bonds. The fourth-order valence-corrected chi connectivity index (χ4v) is 2.54. The molecule has 0 unspecified atom stereocenters. The van der Waals surface area contributed by atoms with E-state index in [0.717, 1.165) is 12.1 Å². The lowest BCUT2D eigenvalue weighted by Crippen LogP contribution is -2.48. The van der Waals surface area contributed by atoms with Crippen LogP contribution >= 0.6 is 0 Å². The lowest BCUT2D eigenvalue weighted by molar-refractivity contribution is -0.136. The number of rotatable bonds is 3. The SMILES string of the molecule is CCN1C(=O)N[C@@H](c2c(F)cccc2F)C(C(=O)OC)=C1C. The Bertz CT molecular complexity index is 638. The highest BCUT2D eigenvalue weighted by Crippen LogP contribution is 2.33. The van der Waals surface area contributed by atoms with Crippen LogP contribution < -0.4 is 5.32 Å². The van der Waals surface area contributed by atoms with Gasteiger partial charge in [-0.1, -0.05) is 6.07 Å². The van der Waals surface area contributed by atoms with Crippen molar-refractivity contribution in [2.45, 2.75) is 19.9 Å². The maximum absolute atomic E-state index is 14.0. The number of carbonyl (C=O) groups excluding carboxylic acids is 2. The molecule has 0 saturated heterocycles. The van der Waals surface area contributed by atoms with Crippen LogP contribution in [-0.4, -0.2) is 30.6 Å². The van der Waals surface area contributed by atoms with E-state index in [-0.39, 0.29) is 11.1 Å². The zero-order valence-electron chi connectivity index (χ0n) is 12.4. The Labute approximate surface area is 126 Å². The van der Waals surface area contributed by atoms with Crippen LogP contribution in [0.25, 0.3) is 0 Å². The smallest absolute Gasteiger partial charge is 0.337 e. The van der Waals surface area contributed by atoms with Crippen LogP contribution in [0.1, 0.15) is 25.5 Å². The minimum absolute atomic E-state index is 0.00736. The van der Waals surface area contributed by atoms with Crippen LogP contribution in [0.3, 0.4) is 0 Å². The largest absolute Gasteiger partial charge is 0.466 e. The van der Waals surface area contributed by atoms with Gasteiger partial charge in [0.2, 0.25) is 0 Å². The van der Waals surface area contributed by atoms with Gasteiger partial charge < -0.3 is 10.1 Å². The predicted molar refractivity (Wildman–Crippen MR) is 74.7 cm³/mol. The molecule has 0 bridgehead atoms. The van der Waals surface area contributed by atoms with Crippen LogP contribution in [-0.2, 0) is 9.53 Å². The van der Waals surface area contributed by atoms with E-state index >= 15 is 0 Å². The molecule has 0 spiro atoms. The molecule has 1 aromatic carbocycles. The Morgan fingerprint density at radius 2 is 1.95 bits per heavy atom. The average molecular weight is 310 g/mol. The highest BCUT2D eigenvalue weighted by atomic mass is 19.1. The predicted octanol–water partition coefficient (Wildman–Crippen LogP) is 2.50. The van der Waals surface area contributed by atoms with E-state index in [2.05, 4.69) is 5.32 Å². The highest BCUT2D eigenvalue weighted by Gasteiger charge is 2.38. The van der Waals surface area contributed by atoms with Crippen LogP contribution in [0.4, 0.5) is 13.6 Å². The number of carbonyl (C=O) groups is 2. The zero-order valence-corrected chi connectivity index (χ0v) is 12.4. The first kappa shape index (κ1) is 15.9. The Hall–Kier alpha value is -2.44. The van der Waals surface area contributed by atoms with Crippen LogP contribution in [0.15, 0.2) is 29.5 Å². The molecule has 1 N–H and O–H groups in total. The van der Waals surface area contributed by atoms with Crippen molar-refractivity contribution in [1.29, 1.82) is 0 Å². The number of nitrogens with zero attached hydrogens (tertiary/aromatic N) is 1. The molecule has 1 atom stereocenters. The summed E-state index contributed by atoms with van der Waals surface area (Å²) in [6.45, 7) is 3.58. The van der Waals surface area contributed by atoms with Crippen molar-refractivity contribution >= 4 is 12.0 Å². The summed E-state index contributed by atoms with van der Waals surface area (Å²) in [6, 6.07) is 1.59. The number of nitrogens with one attached hydrogen (secondary N) is 1. The molecule has 1 aromatic rings.